The van der Waals surface area contributed by atoms with Gasteiger partial charge in [0.25, 0.3) is 11.5 Å². The minimum Gasteiger partial charge on any atom is -0.497 e. The highest BCUT2D eigenvalue weighted by Crippen LogP contribution is 2.37. The van der Waals surface area contributed by atoms with Gasteiger partial charge >= 0.3 is 0 Å². The van der Waals surface area contributed by atoms with E-state index < -0.39 is 11.9 Å². The predicted molar refractivity (Wildman–Crippen MR) is 140 cm³/mol. The van der Waals surface area contributed by atoms with Gasteiger partial charge in [-0.2, -0.15) is 0 Å². The molecule has 0 N–H and O–H groups in total. The Kier molecular flexibility index (Phi) is 7.40. The van der Waals surface area contributed by atoms with Crippen LogP contribution in [-0.4, -0.2) is 41.1 Å². The Morgan fingerprint density at radius 1 is 1.11 bits per heavy atom. The van der Waals surface area contributed by atoms with E-state index in [4.69, 9.17) is 14.5 Å². The number of ether oxygens (including phenoxy) is 2. The Morgan fingerprint density at radius 2 is 1.81 bits per heavy atom. The van der Waals surface area contributed by atoms with Gasteiger partial charge < -0.3 is 14.4 Å². The molecule has 1 amide bonds. The third-order valence-corrected chi connectivity index (χ3v) is 6.82. The summed E-state index contributed by atoms with van der Waals surface area (Å²) in [5, 5.41) is 0.426. The van der Waals surface area contributed by atoms with Crippen LogP contribution in [0.3, 0.4) is 0 Å². The second-order valence-corrected chi connectivity index (χ2v) is 8.86. The first-order valence-electron chi connectivity index (χ1n) is 11.3. The van der Waals surface area contributed by atoms with Crippen molar-refractivity contribution in [3.05, 3.63) is 92.7 Å². The molecule has 0 aliphatic carbocycles. The predicted octanol–water partition coefficient (Wildman–Crippen LogP) is 5.53. The Labute approximate surface area is 216 Å². The first kappa shape index (κ1) is 25.4. The average molecular weight is 554 g/mol. The molecule has 186 valence electrons. The average Bonchev–Trinajstić information content (AvgIpc) is 2.89. The molecule has 0 saturated heterocycles. The van der Waals surface area contributed by atoms with Gasteiger partial charge in [0.1, 0.15) is 23.1 Å². The molecule has 0 bridgehead atoms. The second-order valence-electron chi connectivity index (χ2n) is 8.06. The molecule has 1 unspecified atom stereocenters. The van der Waals surface area contributed by atoms with Crippen LogP contribution in [0, 0.1) is 5.82 Å². The van der Waals surface area contributed by atoms with Gasteiger partial charge in [0, 0.05) is 24.2 Å². The molecule has 9 heteroatoms. The topological polar surface area (TPSA) is 73.7 Å². The SMILES string of the molecule is CCN(C(=O)c1ccc(F)cc1)C(C)c1nc2ccccc2c(=O)n1-c1cc(OC)cc(OC)c1Br. The largest absolute Gasteiger partial charge is 0.497 e. The van der Waals surface area contributed by atoms with Gasteiger partial charge in [-0.25, -0.2) is 9.37 Å². The fraction of sp³-hybridized carbons (Fsp3) is 0.222. The number of amides is 1. The van der Waals surface area contributed by atoms with Crippen LogP contribution in [0.4, 0.5) is 4.39 Å². The Balaban J connectivity index is 1.97. The lowest BCUT2D eigenvalue weighted by atomic mass is 10.1. The number of para-hydroxylation sites is 1. The molecular formula is C27H25BrFN3O4. The summed E-state index contributed by atoms with van der Waals surface area (Å²) in [6.07, 6.45) is 0. The van der Waals surface area contributed by atoms with Gasteiger partial charge in [-0.3, -0.25) is 14.2 Å². The third-order valence-electron chi connectivity index (χ3n) is 6.03. The van der Waals surface area contributed by atoms with Gasteiger partial charge in [-0.1, -0.05) is 12.1 Å². The minimum absolute atomic E-state index is 0.302. The fourth-order valence-electron chi connectivity index (χ4n) is 4.14. The van der Waals surface area contributed by atoms with Crippen molar-refractivity contribution in [3.63, 3.8) is 0 Å². The molecule has 7 nitrogen and oxygen atoms in total. The minimum atomic E-state index is -0.617. The first-order chi connectivity index (χ1) is 17.3. The molecular weight excluding hydrogens is 529 g/mol. The third kappa shape index (κ3) is 4.58. The van der Waals surface area contributed by atoms with Crippen LogP contribution in [0.2, 0.25) is 0 Å². The summed E-state index contributed by atoms with van der Waals surface area (Å²) in [6, 6.07) is 15.2. The number of hydrogen-bond donors (Lipinski definition) is 0. The molecule has 0 fully saturated rings. The van der Waals surface area contributed by atoms with Crippen molar-refractivity contribution in [2.45, 2.75) is 19.9 Å². The number of benzene rings is 3. The highest BCUT2D eigenvalue weighted by Gasteiger charge is 2.28. The number of aromatic nitrogens is 2. The molecule has 1 aromatic heterocycles. The quantitative estimate of drug-likeness (QED) is 0.301. The second kappa shape index (κ2) is 10.5. The maximum absolute atomic E-state index is 13.9. The van der Waals surface area contributed by atoms with Crippen LogP contribution in [0.1, 0.15) is 36.1 Å². The fourth-order valence-corrected chi connectivity index (χ4v) is 4.71. The Hall–Kier alpha value is -3.72. The molecule has 1 heterocycles. The van der Waals surface area contributed by atoms with Crippen molar-refractivity contribution in [1.82, 2.24) is 14.5 Å². The van der Waals surface area contributed by atoms with E-state index in [2.05, 4.69) is 15.9 Å². The molecule has 3 aromatic carbocycles. The number of fused-ring (bicyclic) bond motifs is 1. The smallest absolute Gasteiger partial charge is 0.266 e. The number of methoxy groups -OCH3 is 2. The molecule has 4 aromatic rings. The van der Waals surface area contributed by atoms with Crippen LogP contribution in [0.5, 0.6) is 11.5 Å². The number of hydrogen-bond acceptors (Lipinski definition) is 5. The summed E-state index contributed by atoms with van der Waals surface area (Å²) >= 11 is 3.57. The van der Waals surface area contributed by atoms with E-state index in [9.17, 15) is 14.0 Å². The van der Waals surface area contributed by atoms with E-state index in [1.165, 1.54) is 43.1 Å². The summed E-state index contributed by atoms with van der Waals surface area (Å²) in [5.74, 6) is 0.578. The maximum atomic E-state index is 13.9. The molecule has 0 spiro atoms. The zero-order valence-corrected chi connectivity index (χ0v) is 21.9. The van der Waals surface area contributed by atoms with E-state index in [0.29, 0.717) is 50.5 Å². The molecule has 0 radical (unpaired) electrons. The van der Waals surface area contributed by atoms with Crippen molar-refractivity contribution in [1.29, 1.82) is 0 Å². The van der Waals surface area contributed by atoms with E-state index in [0.717, 1.165) is 0 Å². The number of halogens is 2. The summed E-state index contributed by atoms with van der Waals surface area (Å²) in [4.78, 5) is 33.7. The van der Waals surface area contributed by atoms with Crippen LogP contribution in [-0.2, 0) is 0 Å². The maximum Gasteiger partial charge on any atom is 0.266 e. The highest BCUT2D eigenvalue weighted by atomic mass is 79.9. The van der Waals surface area contributed by atoms with Crippen molar-refractivity contribution < 1.29 is 18.7 Å². The van der Waals surface area contributed by atoms with Crippen molar-refractivity contribution >= 4 is 32.7 Å². The number of rotatable bonds is 7. The number of nitrogens with zero attached hydrogens (tertiary/aromatic N) is 3. The van der Waals surface area contributed by atoms with E-state index in [1.807, 2.05) is 13.8 Å². The van der Waals surface area contributed by atoms with Gasteiger partial charge in [-0.15, -0.1) is 0 Å². The summed E-state index contributed by atoms with van der Waals surface area (Å²) in [6.45, 7) is 3.98. The van der Waals surface area contributed by atoms with Crippen molar-refractivity contribution in [2.75, 3.05) is 20.8 Å². The molecule has 1 atom stereocenters. The molecule has 0 aliphatic rings. The molecule has 0 saturated carbocycles. The lowest BCUT2D eigenvalue weighted by molar-refractivity contribution is 0.0693. The lowest BCUT2D eigenvalue weighted by Crippen LogP contribution is -2.37. The van der Waals surface area contributed by atoms with Crippen molar-refractivity contribution in [2.24, 2.45) is 0 Å². The van der Waals surface area contributed by atoms with E-state index >= 15 is 0 Å². The van der Waals surface area contributed by atoms with Gasteiger partial charge in [0.2, 0.25) is 0 Å². The van der Waals surface area contributed by atoms with Crippen LogP contribution >= 0.6 is 15.9 Å². The summed E-state index contributed by atoms with van der Waals surface area (Å²) < 4.78 is 26.4. The molecule has 4 rings (SSSR count). The lowest BCUT2D eigenvalue weighted by Gasteiger charge is -2.30. The Bertz CT molecular complexity index is 1490. The normalized spacial score (nSPS) is 11.8. The molecule has 0 aliphatic heterocycles. The number of carbonyl (C=O) groups excluding carboxylic acids is 1. The van der Waals surface area contributed by atoms with Gasteiger partial charge in [-0.05, 0) is 66.2 Å². The highest BCUT2D eigenvalue weighted by molar-refractivity contribution is 9.10. The van der Waals surface area contributed by atoms with Crippen LogP contribution < -0.4 is 15.0 Å². The summed E-state index contributed by atoms with van der Waals surface area (Å²) in [5.41, 5.74) is 1.01. The molecule has 36 heavy (non-hydrogen) atoms. The zero-order valence-electron chi connectivity index (χ0n) is 20.3. The summed E-state index contributed by atoms with van der Waals surface area (Å²) in [7, 11) is 3.05. The zero-order chi connectivity index (χ0) is 26.0. The van der Waals surface area contributed by atoms with Gasteiger partial charge in [0.15, 0.2) is 0 Å². The number of carbonyl (C=O) groups is 1. The van der Waals surface area contributed by atoms with Crippen LogP contribution in [0.15, 0.2) is 69.9 Å². The van der Waals surface area contributed by atoms with Gasteiger partial charge in [0.05, 0.1) is 41.3 Å². The standard InChI is InChI=1S/C27H25BrFN3O4/c1-5-31(26(33)17-10-12-18(29)13-11-17)16(2)25-30-21-9-7-6-8-20(21)27(34)32(25)22-14-19(35-3)15-23(36-4)24(22)28/h6-16H,5H2,1-4H3. The van der Waals surface area contributed by atoms with Crippen molar-refractivity contribution in [3.8, 4) is 17.2 Å². The monoisotopic (exact) mass is 553 g/mol. The van der Waals surface area contributed by atoms with Crippen LogP contribution in [0.25, 0.3) is 16.6 Å². The van der Waals surface area contributed by atoms with E-state index in [1.54, 1.807) is 41.3 Å². The Morgan fingerprint density at radius 3 is 2.44 bits per heavy atom. The first-order valence-corrected chi connectivity index (χ1v) is 12.1. The van der Waals surface area contributed by atoms with E-state index in [-0.39, 0.29) is 11.5 Å².